The first-order valence-corrected chi connectivity index (χ1v) is 14.5. The third-order valence-electron chi connectivity index (χ3n) is 7.27. The number of pyridine rings is 2. The van der Waals surface area contributed by atoms with Gasteiger partial charge in [-0.15, -0.1) is 11.3 Å². The maximum atomic E-state index is 15.9. The molecule has 8 nitrogen and oxygen atoms in total. The van der Waals surface area contributed by atoms with Gasteiger partial charge in [0.2, 0.25) is 5.91 Å². The van der Waals surface area contributed by atoms with E-state index in [1.165, 1.54) is 30.6 Å². The van der Waals surface area contributed by atoms with Crippen molar-refractivity contribution in [3.63, 3.8) is 0 Å². The van der Waals surface area contributed by atoms with Gasteiger partial charge in [0.1, 0.15) is 24.0 Å². The van der Waals surface area contributed by atoms with Crippen molar-refractivity contribution in [2.45, 2.75) is 19.9 Å². The fourth-order valence-corrected chi connectivity index (χ4v) is 6.25. The molecule has 0 atom stereocenters. The Morgan fingerprint density at radius 1 is 1.12 bits per heavy atom. The first-order chi connectivity index (χ1) is 20.9. The van der Waals surface area contributed by atoms with Crippen LogP contribution in [0.3, 0.4) is 0 Å². The molecule has 0 unspecified atom stereocenters. The Morgan fingerprint density at radius 3 is 2.74 bits per heavy atom. The van der Waals surface area contributed by atoms with Crippen LogP contribution < -0.4 is 4.74 Å². The minimum Gasteiger partial charge on any atom is -0.490 e. The average molecular weight is 600 g/mol. The number of ether oxygens (including phenoxy) is 2. The number of amides is 1. The van der Waals surface area contributed by atoms with E-state index in [1.807, 2.05) is 30.5 Å². The van der Waals surface area contributed by atoms with E-state index in [-0.39, 0.29) is 30.4 Å². The number of aromatic nitrogens is 4. The van der Waals surface area contributed by atoms with Crippen molar-refractivity contribution in [3.8, 4) is 39.4 Å². The Labute approximate surface area is 250 Å². The number of methoxy groups -OCH3 is 1. The van der Waals surface area contributed by atoms with Crippen LogP contribution in [0.25, 0.3) is 43.7 Å². The Morgan fingerprint density at radius 2 is 1.95 bits per heavy atom. The van der Waals surface area contributed by atoms with E-state index < -0.39 is 11.6 Å². The van der Waals surface area contributed by atoms with Gasteiger partial charge >= 0.3 is 0 Å². The van der Waals surface area contributed by atoms with Crippen LogP contribution in [0.2, 0.25) is 0 Å². The number of carbonyl (C=O) groups excluding carboxylic acids is 1. The van der Waals surface area contributed by atoms with Gasteiger partial charge in [0.25, 0.3) is 0 Å². The summed E-state index contributed by atoms with van der Waals surface area (Å²) in [5, 5.41) is 10.9. The molecule has 1 amide bonds. The summed E-state index contributed by atoms with van der Waals surface area (Å²) in [5.74, 6) is -1.67. The van der Waals surface area contributed by atoms with Gasteiger partial charge in [-0.25, -0.2) is 13.8 Å². The van der Waals surface area contributed by atoms with E-state index in [1.54, 1.807) is 17.3 Å². The maximum Gasteiger partial charge on any atom is 0.246 e. The van der Waals surface area contributed by atoms with Crippen molar-refractivity contribution in [1.29, 1.82) is 0 Å². The van der Waals surface area contributed by atoms with Gasteiger partial charge in [0.15, 0.2) is 0 Å². The van der Waals surface area contributed by atoms with Crippen LogP contribution in [-0.2, 0) is 22.5 Å². The molecule has 1 aromatic carbocycles. The molecule has 11 heteroatoms. The number of hydrogen-bond donors (Lipinski definition) is 0. The second-order valence-electron chi connectivity index (χ2n) is 10.1. The fourth-order valence-electron chi connectivity index (χ4n) is 5.30. The monoisotopic (exact) mass is 599 g/mol. The minimum atomic E-state index is -0.784. The molecule has 4 aromatic heterocycles. The van der Waals surface area contributed by atoms with E-state index in [0.717, 1.165) is 33.0 Å². The van der Waals surface area contributed by atoms with Gasteiger partial charge in [0, 0.05) is 77.4 Å². The van der Waals surface area contributed by atoms with Gasteiger partial charge in [-0.2, -0.15) is 10.2 Å². The molecule has 0 fully saturated rings. The molecule has 1 aliphatic heterocycles. The molecular formula is C32H27F2N5O3S. The van der Waals surface area contributed by atoms with E-state index >= 15 is 4.39 Å². The lowest BCUT2D eigenvalue weighted by Gasteiger charge is -2.27. The van der Waals surface area contributed by atoms with E-state index in [9.17, 15) is 9.18 Å². The zero-order chi connectivity index (χ0) is 30.1. The van der Waals surface area contributed by atoms with Crippen LogP contribution >= 0.6 is 11.3 Å². The smallest absolute Gasteiger partial charge is 0.246 e. The lowest BCUT2D eigenvalue weighted by atomic mass is 9.94. The molecule has 1 aliphatic rings. The minimum absolute atomic E-state index is 0.0372. The average Bonchev–Trinajstić information content (AvgIpc) is 3.50. The number of nitrogens with zero attached hydrogens (tertiary/aromatic N) is 5. The highest BCUT2D eigenvalue weighted by atomic mass is 32.1. The number of aryl methyl sites for hydroxylation is 1. The fraction of sp³-hybridized carbons (Fsp3) is 0.219. The first-order valence-electron chi connectivity index (χ1n) is 13.6. The molecule has 0 bridgehead atoms. The van der Waals surface area contributed by atoms with Gasteiger partial charge in [0.05, 0.1) is 35.4 Å². The van der Waals surface area contributed by atoms with Crippen molar-refractivity contribution < 1.29 is 23.0 Å². The number of fused-ring (bicyclic) bond motifs is 2. The van der Waals surface area contributed by atoms with Crippen molar-refractivity contribution >= 4 is 27.3 Å². The van der Waals surface area contributed by atoms with Gasteiger partial charge < -0.3 is 14.4 Å². The summed E-state index contributed by atoms with van der Waals surface area (Å²) >= 11 is 1.42. The quantitative estimate of drug-likeness (QED) is 0.156. The van der Waals surface area contributed by atoms with Crippen molar-refractivity contribution in [1.82, 2.24) is 25.1 Å². The molecule has 0 N–H and O–H groups in total. The predicted molar refractivity (Wildman–Crippen MR) is 161 cm³/mol. The molecule has 218 valence electrons. The summed E-state index contributed by atoms with van der Waals surface area (Å²) in [6.07, 6.45) is 5.24. The third-order valence-corrected chi connectivity index (χ3v) is 8.20. The Balaban J connectivity index is 1.63. The number of thiophene rings is 1. The molecule has 6 rings (SSSR count). The molecule has 0 saturated carbocycles. The van der Waals surface area contributed by atoms with Crippen molar-refractivity contribution in [2.75, 3.05) is 26.9 Å². The number of benzene rings is 1. The molecule has 0 radical (unpaired) electrons. The van der Waals surface area contributed by atoms with Crippen LogP contribution in [0, 0.1) is 18.6 Å². The second kappa shape index (κ2) is 11.9. The van der Waals surface area contributed by atoms with Crippen LogP contribution in [0.4, 0.5) is 8.78 Å². The van der Waals surface area contributed by atoms with Gasteiger partial charge in [-0.1, -0.05) is 6.58 Å². The van der Waals surface area contributed by atoms with Crippen LogP contribution in [0.5, 0.6) is 5.75 Å². The number of halogens is 2. The van der Waals surface area contributed by atoms with Crippen LogP contribution in [0.15, 0.2) is 60.8 Å². The summed E-state index contributed by atoms with van der Waals surface area (Å²) < 4.78 is 42.1. The van der Waals surface area contributed by atoms with Gasteiger partial charge in [-0.05, 0) is 42.1 Å². The molecule has 5 aromatic rings. The Bertz CT molecular complexity index is 1880. The molecule has 0 aliphatic carbocycles. The molecular weight excluding hydrogens is 572 g/mol. The summed E-state index contributed by atoms with van der Waals surface area (Å²) in [4.78, 5) is 23.9. The predicted octanol–water partition coefficient (Wildman–Crippen LogP) is 6.16. The highest BCUT2D eigenvalue weighted by Crippen LogP contribution is 2.47. The van der Waals surface area contributed by atoms with E-state index in [4.69, 9.17) is 19.4 Å². The van der Waals surface area contributed by atoms with E-state index in [0.29, 0.717) is 47.7 Å². The summed E-state index contributed by atoms with van der Waals surface area (Å²) in [6.45, 7) is 6.68. The number of hydrogen-bond acceptors (Lipinski definition) is 8. The summed E-state index contributed by atoms with van der Waals surface area (Å²) in [5.41, 5.74) is 5.42. The SMILES string of the molecule is C=CC(=O)N1CCc2ncc(-c3nc(-c4cnnc(C)c4)c4ccsc4c3-c3c(F)cc(F)cc3OCCOC)cc2C1. The number of rotatable bonds is 8. The molecule has 43 heavy (non-hydrogen) atoms. The largest absolute Gasteiger partial charge is 0.490 e. The maximum absolute atomic E-state index is 15.9. The Kier molecular flexibility index (Phi) is 7.92. The molecule has 5 heterocycles. The lowest BCUT2D eigenvalue weighted by molar-refractivity contribution is -0.126. The third kappa shape index (κ3) is 5.49. The Hall–Kier alpha value is -4.61. The summed E-state index contributed by atoms with van der Waals surface area (Å²) in [7, 11) is 1.52. The van der Waals surface area contributed by atoms with Crippen LogP contribution in [-0.4, -0.2) is 57.8 Å². The second-order valence-corrected chi connectivity index (χ2v) is 11.0. The van der Waals surface area contributed by atoms with Crippen molar-refractivity contribution in [2.24, 2.45) is 0 Å². The zero-order valence-electron chi connectivity index (χ0n) is 23.6. The van der Waals surface area contributed by atoms with Gasteiger partial charge in [-0.3, -0.25) is 9.78 Å². The van der Waals surface area contributed by atoms with E-state index in [2.05, 4.69) is 16.8 Å². The highest BCUT2D eigenvalue weighted by Gasteiger charge is 2.27. The van der Waals surface area contributed by atoms with Crippen molar-refractivity contribution in [3.05, 3.63) is 89.3 Å². The zero-order valence-corrected chi connectivity index (χ0v) is 24.4. The molecule has 0 saturated heterocycles. The van der Waals surface area contributed by atoms with Crippen LogP contribution in [0.1, 0.15) is 17.0 Å². The number of carbonyl (C=O) groups is 1. The first kappa shape index (κ1) is 28.5. The lowest BCUT2D eigenvalue weighted by Crippen LogP contribution is -2.35. The summed E-state index contributed by atoms with van der Waals surface area (Å²) in [6, 6.07) is 7.75. The highest BCUT2D eigenvalue weighted by molar-refractivity contribution is 7.18. The normalized spacial score (nSPS) is 12.8. The standard InChI is InChI=1S/C32H27F2N5O3S/c1-4-27(40)39-7-5-25-21(17-39)12-20(15-35-25)31-29(28-24(34)13-22(33)14-26(28)42-9-8-41-3)32-23(6-10-43-32)30(37-31)19-11-18(2)38-36-16-19/h4,6,10-16H,1,5,7-9,17H2,2-3H3. The molecule has 0 spiro atoms. The topological polar surface area (TPSA) is 90.3 Å².